The van der Waals surface area contributed by atoms with Gasteiger partial charge in [-0.3, -0.25) is 0 Å². The number of nitrogens with zero attached hydrogens (tertiary/aromatic N) is 1. The molecule has 0 bridgehead atoms. The molecule has 1 aliphatic rings. The highest BCUT2D eigenvalue weighted by atomic mass is 35.5. The minimum atomic E-state index is -0.681. The molecule has 0 unspecified atom stereocenters. The number of esters is 2. The summed E-state index contributed by atoms with van der Waals surface area (Å²) in [5.41, 5.74) is 0.706. The SMILES string of the molecule is COC(=O)C1=C(C(=O)OC)N(c2ccc(Oc3ccc(Cl)cc3Cl)cc2)C=CC=C1. The van der Waals surface area contributed by atoms with E-state index in [0.29, 0.717) is 27.2 Å². The molecule has 0 radical (unpaired) electrons. The van der Waals surface area contributed by atoms with Gasteiger partial charge in [0.2, 0.25) is 0 Å². The summed E-state index contributed by atoms with van der Waals surface area (Å²) in [7, 11) is 2.49. The molecule has 8 heteroatoms. The lowest BCUT2D eigenvalue weighted by Gasteiger charge is -2.23. The molecule has 0 amide bonds. The van der Waals surface area contributed by atoms with Gasteiger partial charge in [-0.1, -0.05) is 29.3 Å². The number of halogens is 2. The van der Waals surface area contributed by atoms with Crippen LogP contribution in [-0.2, 0) is 19.1 Å². The first-order chi connectivity index (χ1) is 14.4. The standard InChI is InChI=1S/C22H17Cl2NO5/c1-28-21(26)17-5-3-4-12-25(20(17)22(27)29-2)15-7-9-16(10-8-15)30-19-11-6-14(23)13-18(19)24/h3-13H,1-2H3. The molecule has 0 aliphatic carbocycles. The largest absolute Gasteiger partial charge is 0.465 e. The van der Waals surface area contributed by atoms with Gasteiger partial charge in [-0.2, -0.15) is 0 Å². The normalized spacial score (nSPS) is 13.1. The Bertz CT molecular complexity index is 1060. The third kappa shape index (κ3) is 4.67. The molecule has 0 saturated heterocycles. The number of hydrogen-bond acceptors (Lipinski definition) is 6. The molecule has 0 fully saturated rings. The van der Waals surface area contributed by atoms with Crippen molar-refractivity contribution in [1.82, 2.24) is 0 Å². The van der Waals surface area contributed by atoms with E-state index in [1.165, 1.54) is 25.2 Å². The van der Waals surface area contributed by atoms with Crippen LogP contribution in [0.15, 0.2) is 78.2 Å². The van der Waals surface area contributed by atoms with Crippen LogP contribution in [0, 0.1) is 0 Å². The molecule has 0 atom stereocenters. The number of benzene rings is 2. The number of methoxy groups -OCH3 is 2. The van der Waals surface area contributed by atoms with Crippen LogP contribution in [0.25, 0.3) is 0 Å². The Kier molecular flexibility index (Phi) is 6.82. The molecule has 0 saturated carbocycles. The third-order valence-electron chi connectivity index (χ3n) is 4.13. The van der Waals surface area contributed by atoms with Gasteiger partial charge in [-0.05, 0) is 54.6 Å². The van der Waals surface area contributed by atoms with Crippen molar-refractivity contribution in [2.45, 2.75) is 0 Å². The average Bonchev–Trinajstić information content (AvgIpc) is 2.98. The molecule has 0 spiro atoms. The van der Waals surface area contributed by atoms with Gasteiger partial charge < -0.3 is 19.1 Å². The summed E-state index contributed by atoms with van der Waals surface area (Å²) in [5, 5.41) is 0.888. The topological polar surface area (TPSA) is 65.1 Å². The Labute approximate surface area is 183 Å². The van der Waals surface area contributed by atoms with Crippen LogP contribution in [0.1, 0.15) is 0 Å². The molecule has 154 valence electrons. The zero-order valence-electron chi connectivity index (χ0n) is 16.1. The summed E-state index contributed by atoms with van der Waals surface area (Å²) < 4.78 is 15.5. The van der Waals surface area contributed by atoms with Gasteiger partial charge in [-0.25, -0.2) is 9.59 Å². The van der Waals surface area contributed by atoms with Crippen molar-refractivity contribution in [2.24, 2.45) is 0 Å². The number of allylic oxidation sites excluding steroid dienone is 2. The van der Waals surface area contributed by atoms with E-state index in [4.69, 9.17) is 37.4 Å². The number of anilines is 1. The van der Waals surface area contributed by atoms with E-state index in [1.807, 2.05) is 0 Å². The smallest absolute Gasteiger partial charge is 0.355 e. The summed E-state index contributed by atoms with van der Waals surface area (Å²) in [6, 6.07) is 11.8. The molecule has 30 heavy (non-hydrogen) atoms. The van der Waals surface area contributed by atoms with Crippen LogP contribution in [0.3, 0.4) is 0 Å². The van der Waals surface area contributed by atoms with Crippen molar-refractivity contribution < 1.29 is 23.8 Å². The quantitative estimate of drug-likeness (QED) is 0.583. The molecule has 1 heterocycles. The van der Waals surface area contributed by atoms with E-state index in [1.54, 1.807) is 60.8 Å². The Morgan fingerprint density at radius 1 is 0.900 bits per heavy atom. The lowest BCUT2D eigenvalue weighted by atomic mass is 10.1. The molecule has 6 nitrogen and oxygen atoms in total. The fourth-order valence-electron chi connectivity index (χ4n) is 2.73. The second-order valence-electron chi connectivity index (χ2n) is 5.99. The number of rotatable bonds is 5. The zero-order valence-corrected chi connectivity index (χ0v) is 17.6. The van der Waals surface area contributed by atoms with Crippen molar-refractivity contribution >= 4 is 40.8 Å². The summed E-state index contributed by atoms with van der Waals surface area (Å²) in [6.07, 6.45) is 6.46. The van der Waals surface area contributed by atoms with E-state index in [0.717, 1.165) is 0 Å². The molecule has 0 aromatic heterocycles. The maximum absolute atomic E-state index is 12.5. The van der Waals surface area contributed by atoms with Gasteiger partial charge in [-0.15, -0.1) is 0 Å². The van der Waals surface area contributed by atoms with Crippen LogP contribution >= 0.6 is 23.2 Å². The molecule has 3 rings (SSSR count). The van der Waals surface area contributed by atoms with Crippen molar-refractivity contribution in [1.29, 1.82) is 0 Å². The molecule has 0 N–H and O–H groups in total. The minimum absolute atomic E-state index is 0.0313. The number of carbonyl (C=O) groups excluding carboxylic acids is 2. The molecular weight excluding hydrogens is 429 g/mol. The van der Waals surface area contributed by atoms with Crippen molar-refractivity contribution in [3.8, 4) is 11.5 Å². The fraction of sp³-hybridized carbons (Fsp3) is 0.0909. The zero-order chi connectivity index (χ0) is 21.7. The molecule has 2 aromatic rings. The average molecular weight is 446 g/mol. The van der Waals surface area contributed by atoms with Crippen LogP contribution in [0.4, 0.5) is 5.69 Å². The Morgan fingerprint density at radius 2 is 1.60 bits per heavy atom. The van der Waals surface area contributed by atoms with Gasteiger partial charge >= 0.3 is 11.9 Å². The van der Waals surface area contributed by atoms with Gasteiger partial charge in [0.15, 0.2) is 0 Å². The highest BCUT2D eigenvalue weighted by Gasteiger charge is 2.27. The maximum Gasteiger partial charge on any atom is 0.355 e. The Hall–Kier alpha value is -3.22. The molecular formula is C22H17Cl2NO5. The predicted octanol–water partition coefficient (Wildman–Crippen LogP) is 5.28. The van der Waals surface area contributed by atoms with Crippen molar-refractivity contribution in [2.75, 3.05) is 19.1 Å². The van der Waals surface area contributed by atoms with Crippen molar-refractivity contribution in [3.63, 3.8) is 0 Å². The Balaban J connectivity index is 1.95. The van der Waals surface area contributed by atoms with E-state index in [-0.39, 0.29) is 11.3 Å². The maximum atomic E-state index is 12.5. The molecule has 1 aliphatic heterocycles. The highest BCUT2D eigenvalue weighted by Crippen LogP contribution is 2.33. The second kappa shape index (κ2) is 9.52. The fourth-order valence-corrected chi connectivity index (χ4v) is 3.17. The van der Waals surface area contributed by atoms with Crippen LogP contribution in [0.5, 0.6) is 11.5 Å². The second-order valence-corrected chi connectivity index (χ2v) is 6.83. The monoisotopic (exact) mass is 445 g/mol. The Morgan fingerprint density at radius 3 is 2.23 bits per heavy atom. The lowest BCUT2D eigenvalue weighted by Crippen LogP contribution is -2.26. The van der Waals surface area contributed by atoms with Gasteiger partial charge in [0.25, 0.3) is 0 Å². The predicted molar refractivity (Wildman–Crippen MR) is 115 cm³/mol. The lowest BCUT2D eigenvalue weighted by molar-refractivity contribution is -0.139. The first kappa shape index (κ1) is 21.5. The third-order valence-corrected chi connectivity index (χ3v) is 4.66. The van der Waals surface area contributed by atoms with E-state index in [9.17, 15) is 9.59 Å². The van der Waals surface area contributed by atoms with Crippen LogP contribution in [-0.4, -0.2) is 26.2 Å². The summed E-state index contributed by atoms with van der Waals surface area (Å²) in [5.74, 6) is -0.356. The minimum Gasteiger partial charge on any atom is -0.465 e. The summed E-state index contributed by atoms with van der Waals surface area (Å²) in [6.45, 7) is 0. The van der Waals surface area contributed by atoms with Crippen LogP contribution in [0.2, 0.25) is 10.0 Å². The first-order valence-corrected chi connectivity index (χ1v) is 9.48. The number of carbonyl (C=O) groups is 2. The summed E-state index contributed by atoms with van der Waals surface area (Å²) in [4.78, 5) is 26.2. The number of hydrogen-bond donors (Lipinski definition) is 0. The first-order valence-electron chi connectivity index (χ1n) is 8.72. The highest BCUT2D eigenvalue weighted by molar-refractivity contribution is 6.35. The molecule has 2 aromatic carbocycles. The van der Waals surface area contributed by atoms with Crippen LogP contribution < -0.4 is 9.64 Å². The van der Waals surface area contributed by atoms with E-state index in [2.05, 4.69) is 0 Å². The van der Waals surface area contributed by atoms with E-state index >= 15 is 0 Å². The van der Waals surface area contributed by atoms with E-state index < -0.39 is 11.9 Å². The number of ether oxygens (including phenoxy) is 3. The van der Waals surface area contributed by atoms with Crippen molar-refractivity contribution in [3.05, 3.63) is 88.2 Å². The van der Waals surface area contributed by atoms with Gasteiger partial charge in [0.1, 0.15) is 17.2 Å². The summed E-state index contributed by atoms with van der Waals surface area (Å²) >= 11 is 12.0. The van der Waals surface area contributed by atoms with Gasteiger partial charge in [0, 0.05) is 16.9 Å². The van der Waals surface area contributed by atoms with Gasteiger partial charge in [0.05, 0.1) is 24.8 Å².